The molecule has 0 fully saturated rings. The fourth-order valence-electron chi connectivity index (χ4n) is 8.71. The maximum absolute atomic E-state index is 12.9. The molecule has 0 aromatic carbocycles. The Bertz CT molecular complexity index is 1540. The van der Waals surface area contributed by atoms with Crippen LogP contribution >= 0.6 is 0 Å². The number of carbonyl (C=O) groups excluding carboxylic acids is 3. The quantitative estimate of drug-likeness (QED) is 0.0261. The van der Waals surface area contributed by atoms with Crippen LogP contribution in [0.5, 0.6) is 0 Å². The second kappa shape index (κ2) is 63.6. The third-order valence-electron chi connectivity index (χ3n) is 13.5. The van der Waals surface area contributed by atoms with Crippen molar-refractivity contribution in [3.63, 3.8) is 0 Å². The molecule has 0 heterocycles. The molecule has 0 aliphatic carbocycles. The normalized spacial score (nSPS) is 12.8. The van der Waals surface area contributed by atoms with Crippen molar-refractivity contribution in [2.45, 2.75) is 303 Å². The predicted octanol–water partition coefficient (Wildman–Crippen LogP) is 21.8. The summed E-state index contributed by atoms with van der Waals surface area (Å²) in [5, 5.41) is 0. The van der Waals surface area contributed by atoms with Gasteiger partial charge in [-0.2, -0.15) is 0 Å². The van der Waals surface area contributed by atoms with Gasteiger partial charge >= 0.3 is 17.9 Å². The molecular formula is C70H118O6. The number of hydrogen-bond acceptors (Lipinski definition) is 6. The van der Waals surface area contributed by atoms with Gasteiger partial charge in [0.05, 0.1) is 0 Å². The topological polar surface area (TPSA) is 78.9 Å². The Labute approximate surface area is 470 Å². The van der Waals surface area contributed by atoms with Crippen LogP contribution in [0, 0.1) is 0 Å². The van der Waals surface area contributed by atoms with Crippen molar-refractivity contribution in [3.05, 3.63) is 109 Å². The molecule has 1 atom stereocenters. The number of allylic oxidation sites excluding steroid dienone is 18. The SMILES string of the molecule is CC/C=C\C/C=C\C/C=C\C/C=C\C/C=C\CCCCCCCCCCCC(=O)OCC(COC(=O)CCCCCCC/C=C\C/C=C\CCCCC)OC(=O)CCCCCCCCC/C=C\C/C=C\CCCCCC. The standard InChI is InChI=1S/C70H118O6/c1-4-7-10-13-16-19-22-25-28-30-32-33-34-35-36-37-38-40-42-45-48-51-54-57-60-63-69(72)75-66-67(65-74-68(71)62-59-56-53-50-47-44-41-27-24-21-18-15-12-9-6-3)76-70(73)64-61-58-55-52-49-46-43-39-31-29-26-23-20-17-14-11-8-5-2/h7,10,16,18-21,23,25,27-29,31-33,35-36,41,67H,4-6,8-9,11-15,17,22,24,26,30,34,37-40,42-66H2,1-3H3/b10-7-,19-16-,21-18-,23-20-,28-25-,31-29-,33-32-,36-35-,41-27-. The lowest BCUT2D eigenvalue weighted by Crippen LogP contribution is -2.30. The third-order valence-corrected chi connectivity index (χ3v) is 13.5. The van der Waals surface area contributed by atoms with E-state index in [2.05, 4.69) is 130 Å². The lowest BCUT2D eigenvalue weighted by molar-refractivity contribution is -0.167. The van der Waals surface area contributed by atoms with E-state index < -0.39 is 6.10 Å². The molecule has 0 bridgehead atoms. The van der Waals surface area contributed by atoms with Crippen LogP contribution in [0.2, 0.25) is 0 Å². The maximum Gasteiger partial charge on any atom is 0.306 e. The zero-order valence-corrected chi connectivity index (χ0v) is 49.7. The minimum Gasteiger partial charge on any atom is -0.462 e. The summed E-state index contributed by atoms with van der Waals surface area (Å²) in [6.45, 7) is 6.48. The van der Waals surface area contributed by atoms with E-state index in [-0.39, 0.29) is 31.1 Å². The van der Waals surface area contributed by atoms with Crippen molar-refractivity contribution in [1.82, 2.24) is 0 Å². The fraction of sp³-hybridized carbons (Fsp3) is 0.700. The van der Waals surface area contributed by atoms with Crippen LogP contribution in [-0.2, 0) is 28.6 Å². The zero-order valence-electron chi connectivity index (χ0n) is 49.7. The molecule has 0 saturated carbocycles. The van der Waals surface area contributed by atoms with Crippen LogP contribution in [0.15, 0.2) is 109 Å². The molecule has 6 heteroatoms. The first kappa shape index (κ1) is 72.1. The van der Waals surface area contributed by atoms with Gasteiger partial charge in [-0.1, -0.05) is 259 Å². The van der Waals surface area contributed by atoms with E-state index in [0.717, 1.165) is 135 Å². The highest BCUT2D eigenvalue weighted by molar-refractivity contribution is 5.71. The van der Waals surface area contributed by atoms with E-state index in [1.54, 1.807) is 0 Å². The van der Waals surface area contributed by atoms with Crippen molar-refractivity contribution in [2.24, 2.45) is 0 Å². The largest absolute Gasteiger partial charge is 0.462 e. The fourth-order valence-corrected chi connectivity index (χ4v) is 8.71. The number of esters is 3. The van der Waals surface area contributed by atoms with Gasteiger partial charge in [-0.3, -0.25) is 14.4 Å². The molecule has 6 nitrogen and oxygen atoms in total. The molecule has 0 saturated heterocycles. The summed E-state index contributed by atoms with van der Waals surface area (Å²) >= 11 is 0. The van der Waals surface area contributed by atoms with Crippen molar-refractivity contribution >= 4 is 17.9 Å². The average molecular weight is 1060 g/mol. The lowest BCUT2D eigenvalue weighted by Gasteiger charge is -2.18. The maximum atomic E-state index is 12.9. The molecule has 0 aliphatic heterocycles. The average Bonchev–Trinajstić information content (AvgIpc) is 3.42. The first-order valence-corrected chi connectivity index (χ1v) is 31.9. The molecular weight excluding hydrogens is 937 g/mol. The van der Waals surface area contributed by atoms with Crippen LogP contribution in [0.4, 0.5) is 0 Å². The number of carbonyl (C=O) groups is 3. The monoisotopic (exact) mass is 1050 g/mol. The molecule has 0 rings (SSSR count). The second-order valence-electron chi connectivity index (χ2n) is 20.9. The van der Waals surface area contributed by atoms with Gasteiger partial charge in [-0.25, -0.2) is 0 Å². The zero-order chi connectivity index (χ0) is 55.0. The van der Waals surface area contributed by atoms with Crippen molar-refractivity contribution < 1.29 is 28.6 Å². The molecule has 0 amide bonds. The Morgan fingerprint density at radius 1 is 0.276 bits per heavy atom. The highest BCUT2D eigenvalue weighted by Crippen LogP contribution is 2.15. The molecule has 0 radical (unpaired) electrons. The Morgan fingerprint density at radius 3 is 0.829 bits per heavy atom. The van der Waals surface area contributed by atoms with E-state index in [1.807, 2.05) is 0 Å². The first-order chi connectivity index (χ1) is 37.5. The Morgan fingerprint density at radius 2 is 0.513 bits per heavy atom. The summed E-state index contributed by atoms with van der Waals surface area (Å²) < 4.78 is 16.9. The number of hydrogen-bond donors (Lipinski definition) is 0. The van der Waals surface area contributed by atoms with Gasteiger partial charge < -0.3 is 14.2 Å². The number of rotatable bonds is 57. The highest BCUT2D eigenvalue weighted by atomic mass is 16.6. The van der Waals surface area contributed by atoms with Gasteiger partial charge in [-0.15, -0.1) is 0 Å². The summed E-state index contributed by atoms with van der Waals surface area (Å²) in [7, 11) is 0. The van der Waals surface area contributed by atoms with Crippen LogP contribution in [0.1, 0.15) is 297 Å². The molecule has 0 aliphatic rings. The molecule has 0 aromatic heterocycles. The van der Waals surface area contributed by atoms with E-state index in [9.17, 15) is 14.4 Å². The Hall–Kier alpha value is -3.93. The predicted molar refractivity (Wildman–Crippen MR) is 330 cm³/mol. The van der Waals surface area contributed by atoms with E-state index >= 15 is 0 Å². The van der Waals surface area contributed by atoms with Gasteiger partial charge in [0.2, 0.25) is 0 Å². The molecule has 0 N–H and O–H groups in total. The third kappa shape index (κ3) is 60.9. The van der Waals surface area contributed by atoms with Gasteiger partial charge in [0.1, 0.15) is 13.2 Å². The van der Waals surface area contributed by atoms with Crippen LogP contribution in [0.25, 0.3) is 0 Å². The summed E-state index contributed by atoms with van der Waals surface area (Å²) in [4.78, 5) is 38.3. The lowest BCUT2D eigenvalue weighted by atomic mass is 10.1. The molecule has 434 valence electrons. The first-order valence-electron chi connectivity index (χ1n) is 31.9. The van der Waals surface area contributed by atoms with Crippen molar-refractivity contribution in [3.8, 4) is 0 Å². The van der Waals surface area contributed by atoms with Gasteiger partial charge in [0.25, 0.3) is 0 Å². The molecule has 76 heavy (non-hydrogen) atoms. The minimum atomic E-state index is -0.794. The summed E-state index contributed by atoms with van der Waals surface area (Å²) in [5.41, 5.74) is 0. The number of unbranched alkanes of at least 4 members (excludes halogenated alkanes) is 28. The Kier molecular flexibility index (Phi) is 60.3. The number of ether oxygens (including phenoxy) is 3. The van der Waals surface area contributed by atoms with Crippen molar-refractivity contribution in [1.29, 1.82) is 0 Å². The van der Waals surface area contributed by atoms with E-state index in [4.69, 9.17) is 14.2 Å². The van der Waals surface area contributed by atoms with E-state index in [1.165, 1.54) is 122 Å². The minimum absolute atomic E-state index is 0.0896. The molecule has 1 unspecified atom stereocenters. The highest BCUT2D eigenvalue weighted by Gasteiger charge is 2.19. The Balaban J connectivity index is 4.39. The molecule has 0 aromatic rings. The van der Waals surface area contributed by atoms with Crippen molar-refractivity contribution in [2.75, 3.05) is 13.2 Å². The van der Waals surface area contributed by atoms with E-state index in [0.29, 0.717) is 19.3 Å². The van der Waals surface area contributed by atoms with Crippen LogP contribution < -0.4 is 0 Å². The summed E-state index contributed by atoms with van der Waals surface area (Å²) in [5.74, 6) is -0.910. The van der Waals surface area contributed by atoms with Gasteiger partial charge in [0, 0.05) is 19.3 Å². The second-order valence-corrected chi connectivity index (χ2v) is 20.9. The summed E-state index contributed by atoms with van der Waals surface area (Å²) in [6, 6.07) is 0. The summed E-state index contributed by atoms with van der Waals surface area (Å²) in [6.07, 6.45) is 86.5. The van der Waals surface area contributed by atoms with Gasteiger partial charge in [0.15, 0.2) is 6.10 Å². The molecule has 0 spiro atoms. The van der Waals surface area contributed by atoms with Crippen LogP contribution in [0.3, 0.4) is 0 Å². The van der Waals surface area contributed by atoms with Gasteiger partial charge in [-0.05, 0) is 128 Å². The smallest absolute Gasteiger partial charge is 0.306 e. The van der Waals surface area contributed by atoms with Crippen LogP contribution in [-0.4, -0.2) is 37.2 Å².